The smallest absolute Gasteiger partial charge is 0.251 e. The Balaban J connectivity index is 2.50. The fourth-order valence-corrected chi connectivity index (χ4v) is 1.64. The normalized spacial score (nSPS) is 10.4. The molecule has 6 nitrogen and oxygen atoms in total. The summed E-state index contributed by atoms with van der Waals surface area (Å²) in [5.41, 5.74) is 1.85. The van der Waals surface area contributed by atoms with Crippen molar-refractivity contribution >= 4 is 17.0 Å². The van der Waals surface area contributed by atoms with Crippen molar-refractivity contribution in [1.29, 1.82) is 0 Å². The Morgan fingerprint density at radius 2 is 1.82 bits per heavy atom. The maximum absolute atomic E-state index is 4.51. The molecule has 17 heavy (non-hydrogen) atoms. The fraction of sp³-hybridized carbons (Fsp3) is 0.364. The predicted octanol–water partition coefficient (Wildman–Crippen LogP) is 0.0927. The van der Waals surface area contributed by atoms with Gasteiger partial charge in [-0.15, -0.1) is 0 Å². The van der Waals surface area contributed by atoms with Gasteiger partial charge in [-0.3, -0.25) is 0 Å². The molecule has 0 saturated carbocycles. The Morgan fingerprint density at radius 1 is 1.18 bits per heavy atom. The molecule has 2 rings (SSSR count). The van der Waals surface area contributed by atoms with E-state index >= 15 is 0 Å². The van der Waals surface area contributed by atoms with E-state index in [1.165, 1.54) is 0 Å². The number of guanidine groups is 1. The Morgan fingerprint density at radius 3 is 2.47 bits per heavy atom. The van der Waals surface area contributed by atoms with Crippen LogP contribution in [0, 0.1) is 0 Å². The fourth-order valence-electron chi connectivity index (χ4n) is 1.64. The van der Waals surface area contributed by atoms with Crippen LogP contribution in [0.15, 0.2) is 29.4 Å². The highest BCUT2D eigenvalue weighted by Gasteiger charge is 2.14. The first kappa shape index (κ1) is 11.4. The van der Waals surface area contributed by atoms with E-state index in [0.717, 1.165) is 17.0 Å². The van der Waals surface area contributed by atoms with Gasteiger partial charge in [0, 0.05) is 33.3 Å². The standard InChI is InChI=1S/C11H16N6/c1-15(2)11(16(3)4)13-17-10-8-6-5-7-9(10)12-14-17/h5-8H,1-4H3/p+1. The second kappa shape index (κ2) is 4.40. The number of aromatic amines is 1. The summed E-state index contributed by atoms with van der Waals surface area (Å²) in [7, 11) is 7.83. The van der Waals surface area contributed by atoms with Gasteiger partial charge in [0.25, 0.3) is 5.52 Å². The van der Waals surface area contributed by atoms with Gasteiger partial charge in [0.1, 0.15) is 0 Å². The lowest BCUT2D eigenvalue weighted by atomic mass is 10.3. The minimum Gasteiger partial charge on any atom is -0.346 e. The summed E-state index contributed by atoms with van der Waals surface area (Å²) in [6.45, 7) is 0. The highest BCUT2D eigenvalue weighted by Crippen LogP contribution is 2.03. The molecule has 0 bridgehead atoms. The van der Waals surface area contributed by atoms with Crippen molar-refractivity contribution in [2.75, 3.05) is 28.2 Å². The number of H-pyrrole nitrogens is 1. The minimum atomic E-state index is 0.837. The summed E-state index contributed by atoms with van der Waals surface area (Å²) < 4.78 is 0. The van der Waals surface area contributed by atoms with Crippen molar-refractivity contribution in [3.05, 3.63) is 24.3 Å². The van der Waals surface area contributed by atoms with Crippen LogP contribution in [-0.4, -0.2) is 54.3 Å². The molecule has 0 spiro atoms. The lowest BCUT2D eigenvalue weighted by molar-refractivity contribution is -0.714. The third-order valence-corrected chi connectivity index (χ3v) is 2.36. The summed E-state index contributed by atoms with van der Waals surface area (Å²) in [6.07, 6.45) is 0. The molecule has 90 valence electrons. The summed E-state index contributed by atoms with van der Waals surface area (Å²) in [4.78, 5) is 5.57. The first-order valence-corrected chi connectivity index (χ1v) is 5.38. The van der Waals surface area contributed by atoms with Crippen LogP contribution in [-0.2, 0) is 0 Å². The SMILES string of the molecule is CN(C)C(=N[n+]1[nH]nc2ccccc21)N(C)C. The van der Waals surface area contributed by atoms with E-state index in [9.17, 15) is 0 Å². The van der Waals surface area contributed by atoms with Crippen molar-refractivity contribution in [2.24, 2.45) is 5.10 Å². The number of hydrogen-bond donors (Lipinski definition) is 1. The van der Waals surface area contributed by atoms with Crippen LogP contribution in [0.5, 0.6) is 0 Å². The molecule has 0 unspecified atom stereocenters. The Hall–Kier alpha value is -2.11. The highest BCUT2D eigenvalue weighted by molar-refractivity contribution is 5.78. The molecule has 1 N–H and O–H groups in total. The molecule has 0 amide bonds. The lowest BCUT2D eigenvalue weighted by Gasteiger charge is -2.20. The van der Waals surface area contributed by atoms with Gasteiger partial charge in [-0.1, -0.05) is 12.1 Å². The second-order valence-electron chi connectivity index (χ2n) is 4.20. The Labute approximate surface area is 100 Å². The van der Waals surface area contributed by atoms with Gasteiger partial charge in [0.2, 0.25) is 11.5 Å². The number of para-hydroxylation sites is 2. The topological polar surface area (TPSA) is 51.4 Å². The molecule has 0 aliphatic rings. The molecule has 0 fully saturated rings. The molecular weight excluding hydrogens is 216 g/mol. The van der Waals surface area contributed by atoms with E-state index < -0.39 is 0 Å². The average molecular weight is 233 g/mol. The number of nitrogens with zero attached hydrogens (tertiary/aromatic N) is 5. The molecule has 6 heteroatoms. The van der Waals surface area contributed by atoms with Crippen LogP contribution in [0.25, 0.3) is 11.0 Å². The third kappa shape index (κ3) is 2.20. The van der Waals surface area contributed by atoms with Gasteiger partial charge in [0.15, 0.2) is 0 Å². The van der Waals surface area contributed by atoms with Crippen LogP contribution in [0.2, 0.25) is 0 Å². The van der Waals surface area contributed by atoms with E-state index in [-0.39, 0.29) is 0 Å². The zero-order chi connectivity index (χ0) is 12.4. The molecule has 0 aliphatic carbocycles. The molecule has 1 aromatic heterocycles. The van der Waals surface area contributed by atoms with E-state index in [4.69, 9.17) is 0 Å². The van der Waals surface area contributed by atoms with Crippen LogP contribution in [0.4, 0.5) is 0 Å². The predicted molar refractivity (Wildman–Crippen MR) is 66.5 cm³/mol. The maximum atomic E-state index is 4.51. The van der Waals surface area contributed by atoms with Gasteiger partial charge < -0.3 is 9.80 Å². The van der Waals surface area contributed by atoms with E-state index in [1.54, 1.807) is 4.79 Å². The largest absolute Gasteiger partial charge is 0.346 e. The number of fused-ring (bicyclic) bond motifs is 1. The zero-order valence-corrected chi connectivity index (χ0v) is 10.5. The van der Waals surface area contributed by atoms with Crippen LogP contribution in [0.3, 0.4) is 0 Å². The van der Waals surface area contributed by atoms with Gasteiger partial charge in [-0.2, -0.15) is 0 Å². The molecule has 0 saturated heterocycles. The zero-order valence-electron chi connectivity index (χ0n) is 10.5. The average Bonchev–Trinajstić information content (AvgIpc) is 2.68. The van der Waals surface area contributed by atoms with Crippen molar-refractivity contribution in [2.45, 2.75) is 0 Å². The first-order chi connectivity index (χ1) is 8.09. The van der Waals surface area contributed by atoms with E-state index in [0.29, 0.717) is 0 Å². The third-order valence-electron chi connectivity index (χ3n) is 2.36. The Kier molecular flexibility index (Phi) is 2.95. The maximum Gasteiger partial charge on any atom is 0.251 e. The molecule has 1 heterocycles. The van der Waals surface area contributed by atoms with E-state index in [2.05, 4.69) is 15.4 Å². The number of benzene rings is 1. The van der Waals surface area contributed by atoms with Gasteiger partial charge in [-0.25, -0.2) is 0 Å². The Bertz CT molecular complexity index is 530. The van der Waals surface area contributed by atoms with E-state index in [1.807, 2.05) is 62.3 Å². The lowest BCUT2D eigenvalue weighted by Crippen LogP contribution is -2.42. The molecule has 0 atom stereocenters. The molecule has 0 aliphatic heterocycles. The number of hydrogen-bond acceptors (Lipinski definition) is 2. The van der Waals surface area contributed by atoms with Crippen molar-refractivity contribution in [3.8, 4) is 0 Å². The second-order valence-corrected chi connectivity index (χ2v) is 4.20. The van der Waals surface area contributed by atoms with Crippen molar-refractivity contribution < 1.29 is 4.79 Å². The first-order valence-electron chi connectivity index (χ1n) is 5.38. The minimum absolute atomic E-state index is 0.837. The molecular formula is C11H17N6+. The highest BCUT2D eigenvalue weighted by atomic mass is 15.6. The summed E-state index contributed by atoms with van der Waals surface area (Å²) in [5.74, 6) is 0.837. The molecule has 1 aromatic carbocycles. The monoisotopic (exact) mass is 233 g/mol. The number of aromatic nitrogens is 3. The number of nitrogens with one attached hydrogen (secondary N) is 1. The van der Waals surface area contributed by atoms with Gasteiger partial charge in [-0.05, 0) is 27.2 Å². The van der Waals surface area contributed by atoms with Gasteiger partial charge >= 0.3 is 0 Å². The van der Waals surface area contributed by atoms with Crippen molar-refractivity contribution in [1.82, 2.24) is 20.1 Å². The number of rotatable bonds is 1. The summed E-state index contributed by atoms with van der Waals surface area (Å²) in [6, 6.07) is 7.85. The van der Waals surface area contributed by atoms with Gasteiger partial charge in [0.05, 0.1) is 0 Å². The summed E-state index contributed by atoms with van der Waals surface area (Å²) in [5, 5.41) is 11.6. The quantitative estimate of drug-likeness (QED) is 0.431. The van der Waals surface area contributed by atoms with Crippen LogP contribution in [0.1, 0.15) is 0 Å². The van der Waals surface area contributed by atoms with Crippen molar-refractivity contribution in [3.63, 3.8) is 0 Å². The van der Waals surface area contributed by atoms with Crippen LogP contribution >= 0.6 is 0 Å². The summed E-state index contributed by atoms with van der Waals surface area (Å²) >= 11 is 0. The molecule has 0 radical (unpaired) electrons. The molecule has 2 aromatic rings. The van der Waals surface area contributed by atoms with Crippen LogP contribution < -0.4 is 4.79 Å².